The lowest BCUT2D eigenvalue weighted by atomic mass is 10.1. The molecule has 0 saturated heterocycles. The molecule has 0 aromatic rings. The van der Waals surface area contributed by atoms with Crippen molar-refractivity contribution in [2.45, 2.75) is 200 Å². The maximum atomic E-state index is 12.7. The van der Waals surface area contributed by atoms with Gasteiger partial charge in [0, 0.05) is 32.5 Å². The van der Waals surface area contributed by atoms with E-state index in [0.29, 0.717) is 12.8 Å². The Balaban J connectivity index is 4.53. The van der Waals surface area contributed by atoms with Crippen molar-refractivity contribution in [1.82, 2.24) is 9.62 Å². The summed E-state index contributed by atoms with van der Waals surface area (Å²) >= 11 is 0. The monoisotopic (exact) mass is 831 g/mol. The summed E-state index contributed by atoms with van der Waals surface area (Å²) in [6.45, 7) is 4.19. The quantitative estimate of drug-likeness (QED) is 0.0308. The summed E-state index contributed by atoms with van der Waals surface area (Å²) in [5.41, 5.74) is 0. The van der Waals surface area contributed by atoms with Gasteiger partial charge in [0.1, 0.15) is 12.7 Å². The minimum absolute atomic E-state index is 0.134. The fraction of sp³-hybridized carbons (Fsp3) is 0.867. The van der Waals surface area contributed by atoms with Crippen molar-refractivity contribution < 1.29 is 41.9 Å². The summed E-state index contributed by atoms with van der Waals surface area (Å²) in [5.74, 6) is -0.868. The summed E-state index contributed by atoms with van der Waals surface area (Å²) in [7, 11) is -4.20. The molecular formula is C45H86N2O9S. The van der Waals surface area contributed by atoms with Crippen molar-refractivity contribution in [3.63, 3.8) is 0 Å². The van der Waals surface area contributed by atoms with Crippen molar-refractivity contribution >= 4 is 22.2 Å². The van der Waals surface area contributed by atoms with Gasteiger partial charge in [-0.1, -0.05) is 141 Å². The minimum atomic E-state index is -4.20. The van der Waals surface area contributed by atoms with Crippen molar-refractivity contribution in [2.75, 3.05) is 52.6 Å². The van der Waals surface area contributed by atoms with Crippen molar-refractivity contribution in [3.8, 4) is 0 Å². The zero-order valence-corrected chi connectivity index (χ0v) is 37.3. The van der Waals surface area contributed by atoms with Gasteiger partial charge >= 0.3 is 22.2 Å². The van der Waals surface area contributed by atoms with Gasteiger partial charge in [-0.2, -0.15) is 13.1 Å². The van der Waals surface area contributed by atoms with Gasteiger partial charge in [0.25, 0.3) is 0 Å². The van der Waals surface area contributed by atoms with Crippen LogP contribution in [0.15, 0.2) is 24.3 Å². The number of hydrogen-bond acceptors (Lipinski definition) is 10. The first-order chi connectivity index (χ1) is 27.8. The Morgan fingerprint density at radius 2 is 0.982 bits per heavy atom. The van der Waals surface area contributed by atoms with Crippen molar-refractivity contribution in [3.05, 3.63) is 24.3 Å². The highest BCUT2D eigenvalue weighted by molar-refractivity contribution is 7.84. The van der Waals surface area contributed by atoms with Crippen LogP contribution >= 0.6 is 0 Å². The Bertz CT molecular complexity index is 1070. The molecule has 0 saturated carbocycles. The lowest BCUT2D eigenvalue weighted by Crippen LogP contribution is -2.40. The first kappa shape index (κ1) is 55.2. The molecule has 0 spiro atoms. The van der Waals surface area contributed by atoms with E-state index in [4.69, 9.17) is 23.9 Å². The first-order valence-corrected chi connectivity index (χ1v) is 24.4. The van der Waals surface area contributed by atoms with Gasteiger partial charge in [0.15, 0.2) is 0 Å². The highest BCUT2D eigenvalue weighted by atomic mass is 32.2. The van der Waals surface area contributed by atoms with Gasteiger partial charge in [0.2, 0.25) is 0 Å². The van der Waals surface area contributed by atoms with Crippen LogP contribution in [0.5, 0.6) is 0 Å². The molecule has 0 aromatic heterocycles. The van der Waals surface area contributed by atoms with Crippen LogP contribution < -0.4 is 4.72 Å². The topological polar surface area (TPSA) is 152 Å². The maximum Gasteiger partial charge on any atom is 0.336 e. The predicted molar refractivity (Wildman–Crippen MR) is 233 cm³/mol. The first-order valence-electron chi connectivity index (χ1n) is 23.0. The Kier molecular flexibility index (Phi) is 40.9. The molecule has 0 rings (SSSR count). The molecule has 0 heterocycles. The van der Waals surface area contributed by atoms with E-state index >= 15 is 0 Å². The fourth-order valence-electron chi connectivity index (χ4n) is 6.45. The Morgan fingerprint density at radius 3 is 1.42 bits per heavy atom. The average molecular weight is 831 g/mol. The summed E-state index contributed by atoms with van der Waals surface area (Å²) in [6, 6.07) is 0. The van der Waals surface area contributed by atoms with Crippen LogP contribution in [0.3, 0.4) is 0 Å². The van der Waals surface area contributed by atoms with Gasteiger partial charge in [-0.15, -0.1) is 0 Å². The number of hydrogen-bond donors (Lipinski definition) is 3. The van der Waals surface area contributed by atoms with Gasteiger partial charge < -0.3 is 19.7 Å². The zero-order valence-electron chi connectivity index (χ0n) is 36.5. The summed E-state index contributed by atoms with van der Waals surface area (Å²) in [6.07, 6.45) is 38.8. The van der Waals surface area contributed by atoms with Gasteiger partial charge in [-0.3, -0.25) is 18.7 Å². The minimum Gasteiger partial charge on any atom is -0.462 e. The standard InChI is InChI=1S/C45H86N2O9S/c1-3-5-7-9-11-13-15-17-19-21-23-25-27-29-31-33-44(50)54-42-43(41-46-57(52,53)55-40-37-47(35-38-48)36-39-49)56-45(51)34-32-30-28-26-24-22-20-18-16-14-12-10-8-6-4-2/h17-20,43,46,48-49H,3-16,21-42H2,1-2H3. The fourth-order valence-corrected chi connectivity index (χ4v) is 7.22. The normalized spacial score (nSPS) is 12.6. The third-order valence-electron chi connectivity index (χ3n) is 9.98. The number of carbonyl (C=O) groups is 2. The number of aliphatic hydroxyl groups is 2. The van der Waals surface area contributed by atoms with Crippen LogP contribution in [0.25, 0.3) is 0 Å². The molecule has 12 heteroatoms. The summed E-state index contributed by atoms with van der Waals surface area (Å²) in [4.78, 5) is 26.9. The molecule has 0 amide bonds. The Morgan fingerprint density at radius 1 is 0.579 bits per heavy atom. The number of nitrogens with zero attached hydrogens (tertiary/aromatic N) is 1. The van der Waals surface area contributed by atoms with Crippen LogP contribution in [0.1, 0.15) is 194 Å². The summed E-state index contributed by atoms with van der Waals surface area (Å²) < 4.78 is 43.4. The van der Waals surface area contributed by atoms with Gasteiger partial charge in [-0.25, -0.2) is 0 Å². The maximum absolute atomic E-state index is 12.7. The molecule has 0 aliphatic rings. The molecule has 0 fully saturated rings. The number of esters is 2. The van der Waals surface area contributed by atoms with Crippen molar-refractivity contribution in [1.29, 1.82) is 0 Å². The van der Waals surface area contributed by atoms with E-state index in [1.54, 1.807) is 4.90 Å². The SMILES string of the molecule is CCCCCCCCC=CCCCCCCCC(=O)OCC(CNS(=O)(=O)OCCN(CCO)CCO)OC(=O)CCCCCCCC=CCCCCCCCC. The van der Waals surface area contributed by atoms with E-state index in [2.05, 4.69) is 42.9 Å². The lowest BCUT2D eigenvalue weighted by Gasteiger charge is -2.20. The molecule has 0 aliphatic heterocycles. The van der Waals surface area contributed by atoms with Crippen LogP contribution in [0.2, 0.25) is 0 Å². The molecule has 3 N–H and O–H groups in total. The third-order valence-corrected chi connectivity index (χ3v) is 11.0. The van der Waals surface area contributed by atoms with Crippen LogP contribution in [0.4, 0.5) is 0 Å². The molecule has 11 nitrogen and oxygen atoms in total. The largest absolute Gasteiger partial charge is 0.462 e. The third kappa shape index (κ3) is 40.7. The number of unbranched alkanes of at least 4 members (excludes halogenated alkanes) is 22. The second-order valence-corrected chi connectivity index (χ2v) is 16.8. The zero-order chi connectivity index (χ0) is 41.9. The van der Waals surface area contributed by atoms with Gasteiger partial charge in [-0.05, 0) is 64.2 Å². The molecule has 0 aromatic carbocycles. The number of allylic oxidation sites excluding steroid dienone is 4. The summed E-state index contributed by atoms with van der Waals surface area (Å²) in [5, 5.41) is 18.3. The molecule has 1 atom stereocenters. The number of carbonyl (C=O) groups excluding carboxylic acids is 2. The molecular weight excluding hydrogens is 745 g/mol. The lowest BCUT2D eigenvalue weighted by molar-refractivity contribution is -0.158. The Labute approximate surface area is 349 Å². The number of aliphatic hydroxyl groups excluding tert-OH is 2. The van der Waals surface area contributed by atoms with Gasteiger partial charge in [0.05, 0.1) is 26.4 Å². The Hall–Kier alpha value is -1.83. The smallest absolute Gasteiger partial charge is 0.336 e. The molecule has 0 bridgehead atoms. The average Bonchev–Trinajstić information content (AvgIpc) is 3.19. The second-order valence-electron chi connectivity index (χ2n) is 15.4. The van der Waals surface area contributed by atoms with E-state index < -0.39 is 28.3 Å². The number of nitrogens with one attached hydrogen (secondary N) is 1. The van der Waals surface area contributed by atoms with Crippen molar-refractivity contribution in [2.24, 2.45) is 0 Å². The van der Waals surface area contributed by atoms with Crippen LogP contribution in [-0.4, -0.2) is 94.2 Å². The second kappa shape index (κ2) is 42.3. The number of ether oxygens (including phenoxy) is 2. The molecule has 336 valence electrons. The molecule has 0 aliphatic carbocycles. The number of rotatable bonds is 44. The van der Waals surface area contributed by atoms with Crippen LogP contribution in [0, 0.1) is 0 Å². The molecule has 57 heavy (non-hydrogen) atoms. The van der Waals surface area contributed by atoms with E-state index in [1.165, 1.54) is 83.5 Å². The van der Waals surface area contributed by atoms with E-state index in [1.807, 2.05) is 0 Å². The predicted octanol–water partition coefficient (Wildman–Crippen LogP) is 9.65. The highest BCUT2D eigenvalue weighted by Crippen LogP contribution is 2.13. The highest BCUT2D eigenvalue weighted by Gasteiger charge is 2.21. The van der Waals surface area contributed by atoms with E-state index in [0.717, 1.165) is 70.6 Å². The van der Waals surface area contributed by atoms with E-state index in [9.17, 15) is 18.0 Å². The molecule has 1 unspecified atom stereocenters. The van der Waals surface area contributed by atoms with Crippen LogP contribution in [-0.2, 0) is 33.6 Å². The molecule has 0 radical (unpaired) electrons. The van der Waals surface area contributed by atoms with E-state index in [-0.39, 0.29) is 65.4 Å².